The minimum absolute atomic E-state index is 0.465. The van der Waals surface area contributed by atoms with E-state index >= 15 is 0 Å². The molecule has 1 saturated heterocycles. The first-order chi connectivity index (χ1) is 8.86. The van der Waals surface area contributed by atoms with Crippen LogP contribution in [0.4, 0.5) is 0 Å². The lowest BCUT2D eigenvalue weighted by molar-refractivity contribution is -0.151. The second-order valence-corrected chi connectivity index (χ2v) is 7.27. The standard InChI is InChI=1S/C16H29NO2/c1-11(2)13-7-6-12(3)10-14(13)17-9-5-8-16(17,4)15(18)19/h11-14H,5-10H2,1-4H3,(H,18,19). The molecular formula is C16H29NO2. The van der Waals surface area contributed by atoms with Crippen LogP contribution in [-0.4, -0.2) is 34.1 Å². The maximum Gasteiger partial charge on any atom is 0.323 e. The van der Waals surface area contributed by atoms with Crippen LogP contribution >= 0.6 is 0 Å². The van der Waals surface area contributed by atoms with Crippen LogP contribution < -0.4 is 0 Å². The molecule has 110 valence electrons. The van der Waals surface area contributed by atoms with Crippen molar-refractivity contribution in [3.05, 3.63) is 0 Å². The highest BCUT2D eigenvalue weighted by molar-refractivity contribution is 5.78. The van der Waals surface area contributed by atoms with Gasteiger partial charge in [-0.3, -0.25) is 9.69 Å². The van der Waals surface area contributed by atoms with Crippen LogP contribution in [0.15, 0.2) is 0 Å². The fourth-order valence-electron chi connectivity index (χ4n) is 4.26. The number of carbonyl (C=O) groups is 1. The van der Waals surface area contributed by atoms with Gasteiger partial charge in [-0.15, -0.1) is 0 Å². The van der Waals surface area contributed by atoms with E-state index in [0.717, 1.165) is 25.3 Å². The van der Waals surface area contributed by atoms with Gasteiger partial charge in [-0.2, -0.15) is 0 Å². The van der Waals surface area contributed by atoms with Crippen molar-refractivity contribution in [2.45, 2.75) is 71.4 Å². The molecule has 1 aliphatic carbocycles. The molecule has 1 saturated carbocycles. The summed E-state index contributed by atoms with van der Waals surface area (Å²) in [7, 11) is 0. The molecule has 0 amide bonds. The van der Waals surface area contributed by atoms with Gasteiger partial charge in [-0.1, -0.05) is 27.2 Å². The van der Waals surface area contributed by atoms with Gasteiger partial charge in [0.2, 0.25) is 0 Å². The normalized spacial score (nSPS) is 40.8. The van der Waals surface area contributed by atoms with Crippen LogP contribution in [-0.2, 0) is 4.79 Å². The van der Waals surface area contributed by atoms with Gasteiger partial charge in [-0.25, -0.2) is 0 Å². The molecule has 2 rings (SSSR count). The summed E-state index contributed by atoms with van der Waals surface area (Å²) in [4.78, 5) is 14.0. The third kappa shape index (κ3) is 2.67. The number of carboxylic acids is 1. The summed E-state index contributed by atoms with van der Waals surface area (Å²) >= 11 is 0. The quantitative estimate of drug-likeness (QED) is 0.852. The average Bonchev–Trinajstić information content (AvgIpc) is 2.72. The summed E-state index contributed by atoms with van der Waals surface area (Å²) in [6.07, 6.45) is 5.56. The Labute approximate surface area is 117 Å². The molecule has 0 radical (unpaired) electrons. The molecule has 4 unspecified atom stereocenters. The van der Waals surface area contributed by atoms with Gasteiger partial charge in [0.15, 0.2) is 0 Å². The molecule has 1 N–H and O–H groups in total. The molecule has 0 spiro atoms. The zero-order valence-electron chi connectivity index (χ0n) is 12.9. The molecule has 2 aliphatic rings. The summed E-state index contributed by atoms with van der Waals surface area (Å²) < 4.78 is 0. The van der Waals surface area contributed by atoms with Gasteiger partial charge >= 0.3 is 5.97 Å². The SMILES string of the molecule is CC1CCC(C(C)C)C(N2CCCC2(C)C(=O)O)C1. The van der Waals surface area contributed by atoms with E-state index < -0.39 is 11.5 Å². The summed E-state index contributed by atoms with van der Waals surface area (Å²) in [5, 5.41) is 9.62. The maximum absolute atomic E-state index is 11.7. The van der Waals surface area contributed by atoms with Crippen LogP contribution in [0.2, 0.25) is 0 Å². The van der Waals surface area contributed by atoms with Crippen LogP contribution in [0.5, 0.6) is 0 Å². The molecule has 1 aliphatic heterocycles. The lowest BCUT2D eigenvalue weighted by atomic mass is 9.72. The van der Waals surface area contributed by atoms with E-state index in [1.54, 1.807) is 0 Å². The predicted octanol–water partition coefficient (Wildman–Crippen LogP) is 3.39. The van der Waals surface area contributed by atoms with Gasteiger partial charge in [0, 0.05) is 6.04 Å². The molecule has 0 bridgehead atoms. The van der Waals surface area contributed by atoms with Crippen molar-refractivity contribution < 1.29 is 9.90 Å². The van der Waals surface area contributed by atoms with Gasteiger partial charge in [-0.05, 0) is 56.9 Å². The van der Waals surface area contributed by atoms with Crippen LogP contribution in [0.1, 0.15) is 59.8 Å². The van der Waals surface area contributed by atoms with Gasteiger partial charge < -0.3 is 5.11 Å². The molecule has 0 aromatic rings. The second kappa shape index (κ2) is 5.43. The van der Waals surface area contributed by atoms with E-state index in [9.17, 15) is 9.90 Å². The minimum atomic E-state index is -0.634. The molecule has 0 aromatic carbocycles. The number of likely N-dealkylation sites (tertiary alicyclic amines) is 1. The number of nitrogens with zero attached hydrogens (tertiary/aromatic N) is 1. The fourth-order valence-corrected chi connectivity index (χ4v) is 4.26. The summed E-state index contributed by atoms with van der Waals surface area (Å²) in [5.41, 5.74) is -0.630. The van der Waals surface area contributed by atoms with E-state index in [0.29, 0.717) is 17.9 Å². The number of hydrogen-bond acceptors (Lipinski definition) is 2. The molecule has 3 nitrogen and oxygen atoms in total. The van der Waals surface area contributed by atoms with E-state index in [2.05, 4.69) is 25.7 Å². The zero-order chi connectivity index (χ0) is 14.2. The third-order valence-electron chi connectivity index (χ3n) is 5.54. The second-order valence-electron chi connectivity index (χ2n) is 7.27. The minimum Gasteiger partial charge on any atom is -0.480 e. The topological polar surface area (TPSA) is 40.5 Å². The third-order valence-corrected chi connectivity index (χ3v) is 5.54. The number of carboxylic acid groups (broad SMARTS) is 1. The molecular weight excluding hydrogens is 238 g/mol. The Morgan fingerprint density at radius 1 is 1.37 bits per heavy atom. The number of hydrogen-bond donors (Lipinski definition) is 1. The average molecular weight is 267 g/mol. The maximum atomic E-state index is 11.7. The van der Waals surface area contributed by atoms with Crippen molar-refractivity contribution in [2.24, 2.45) is 17.8 Å². The summed E-state index contributed by atoms with van der Waals surface area (Å²) in [6, 6.07) is 0.465. The van der Waals surface area contributed by atoms with Crippen molar-refractivity contribution in [1.82, 2.24) is 4.90 Å². The first kappa shape index (κ1) is 14.8. The van der Waals surface area contributed by atoms with Crippen LogP contribution in [0.25, 0.3) is 0 Å². The van der Waals surface area contributed by atoms with E-state index in [4.69, 9.17) is 0 Å². The molecule has 1 heterocycles. The molecule has 2 fully saturated rings. The van der Waals surface area contributed by atoms with Crippen molar-refractivity contribution in [2.75, 3.05) is 6.54 Å². The Hall–Kier alpha value is -0.570. The Morgan fingerprint density at radius 3 is 2.63 bits per heavy atom. The Balaban J connectivity index is 2.23. The van der Waals surface area contributed by atoms with Gasteiger partial charge in [0.1, 0.15) is 5.54 Å². The molecule has 3 heteroatoms. The predicted molar refractivity (Wildman–Crippen MR) is 77.1 cm³/mol. The Bertz CT molecular complexity index is 342. The smallest absolute Gasteiger partial charge is 0.323 e. The first-order valence-electron chi connectivity index (χ1n) is 7.86. The highest BCUT2D eigenvalue weighted by atomic mass is 16.4. The highest BCUT2D eigenvalue weighted by Gasteiger charge is 2.49. The van der Waals surface area contributed by atoms with Crippen molar-refractivity contribution >= 4 is 5.97 Å². The lowest BCUT2D eigenvalue weighted by Gasteiger charge is -2.47. The monoisotopic (exact) mass is 267 g/mol. The van der Waals surface area contributed by atoms with E-state index in [1.807, 2.05) is 6.92 Å². The lowest BCUT2D eigenvalue weighted by Crippen LogP contribution is -2.56. The van der Waals surface area contributed by atoms with Crippen molar-refractivity contribution in [3.63, 3.8) is 0 Å². The van der Waals surface area contributed by atoms with Crippen LogP contribution in [0, 0.1) is 17.8 Å². The van der Waals surface area contributed by atoms with Crippen molar-refractivity contribution in [1.29, 1.82) is 0 Å². The molecule has 19 heavy (non-hydrogen) atoms. The molecule has 4 atom stereocenters. The summed E-state index contributed by atoms with van der Waals surface area (Å²) in [6.45, 7) is 9.80. The Kier molecular flexibility index (Phi) is 4.24. The Morgan fingerprint density at radius 2 is 2.05 bits per heavy atom. The molecule has 0 aromatic heterocycles. The van der Waals surface area contributed by atoms with Crippen LogP contribution in [0.3, 0.4) is 0 Å². The van der Waals surface area contributed by atoms with E-state index in [1.165, 1.54) is 19.3 Å². The first-order valence-corrected chi connectivity index (χ1v) is 7.86. The van der Waals surface area contributed by atoms with Gasteiger partial charge in [0.05, 0.1) is 0 Å². The van der Waals surface area contributed by atoms with Crippen molar-refractivity contribution in [3.8, 4) is 0 Å². The zero-order valence-corrected chi connectivity index (χ0v) is 12.9. The highest BCUT2D eigenvalue weighted by Crippen LogP contribution is 2.42. The largest absolute Gasteiger partial charge is 0.480 e. The summed E-state index contributed by atoms with van der Waals surface area (Å²) in [5.74, 6) is 1.41. The van der Waals surface area contributed by atoms with E-state index in [-0.39, 0.29) is 0 Å². The fraction of sp³-hybridized carbons (Fsp3) is 0.938. The number of aliphatic carboxylic acids is 1. The number of rotatable bonds is 3. The van der Waals surface area contributed by atoms with Gasteiger partial charge in [0.25, 0.3) is 0 Å².